The first kappa shape index (κ1) is 43.9. The summed E-state index contributed by atoms with van der Waals surface area (Å²) in [5, 5.41) is 1.40. The Labute approximate surface area is 495 Å². The summed E-state index contributed by atoms with van der Waals surface area (Å²) < 4.78 is 84.2. The normalized spacial score (nSPS) is 14.6. The van der Waals surface area contributed by atoms with Crippen LogP contribution in [0.2, 0.25) is 0 Å². The smallest absolute Gasteiger partial charge is 0.137 e. The third kappa shape index (κ3) is 9.38. The lowest BCUT2D eigenvalue weighted by molar-refractivity contribution is 0.483. The van der Waals surface area contributed by atoms with Gasteiger partial charge in [0.05, 0.1) is 50.1 Å². The van der Waals surface area contributed by atoms with Crippen molar-refractivity contribution in [2.45, 2.75) is 105 Å². The molecule has 0 amide bonds. The van der Waals surface area contributed by atoms with Gasteiger partial charge in [0.1, 0.15) is 24.0 Å². The lowest BCUT2D eigenvalue weighted by Gasteiger charge is -2.29. The van der Waals surface area contributed by atoms with Crippen molar-refractivity contribution in [1.29, 1.82) is 0 Å². The van der Waals surface area contributed by atoms with Gasteiger partial charge in [0, 0.05) is 57.3 Å². The van der Waals surface area contributed by atoms with Crippen LogP contribution in [0.25, 0.3) is 77.4 Å². The van der Waals surface area contributed by atoms with Gasteiger partial charge in [0.15, 0.2) is 0 Å². The monoisotopic (exact) mass is 1080 g/mol. The molecule has 0 fully saturated rings. The van der Waals surface area contributed by atoms with Gasteiger partial charge in [0.25, 0.3) is 0 Å². The number of anilines is 4. The van der Waals surface area contributed by atoms with E-state index in [4.69, 9.17) is 15.2 Å². The van der Waals surface area contributed by atoms with Gasteiger partial charge in [-0.1, -0.05) is 204 Å². The summed E-state index contributed by atoms with van der Waals surface area (Å²) in [5.74, 6) is 1.50. The molecule has 0 bridgehead atoms. The third-order valence-electron chi connectivity index (χ3n) is 16.3. The van der Waals surface area contributed by atoms with E-state index < -0.39 is 48.3 Å². The molecule has 0 unspecified atom stereocenters. The first-order chi connectivity index (χ1) is 42.5. The molecule has 1 aliphatic rings. The molecule has 82 heavy (non-hydrogen) atoms. The molecule has 9 aromatic carbocycles. The van der Waals surface area contributed by atoms with E-state index in [9.17, 15) is 5.48 Å². The Hall–Kier alpha value is -8.87. The van der Waals surface area contributed by atoms with Gasteiger partial charge in [-0.3, -0.25) is 4.57 Å². The van der Waals surface area contributed by atoms with Crippen molar-refractivity contribution in [3.8, 4) is 45.3 Å². The number of hydrogen-bond donors (Lipinski definition) is 0. The van der Waals surface area contributed by atoms with Crippen LogP contribution >= 0.6 is 0 Å². The van der Waals surface area contributed by atoms with Gasteiger partial charge in [0.2, 0.25) is 0 Å². The summed E-state index contributed by atoms with van der Waals surface area (Å²) >= 11 is 0. The number of aromatic nitrogens is 3. The molecule has 0 atom stereocenters. The summed E-state index contributed by atoms with van der Waals surface area (Å²) in [6.07, 6.45) is 1.80. The van der Waals surface area contributed by atoms with Gasteiger partial charge in [-0.25, -0.2) is 4.98 Å². The van der Waals surface area contributed by atoms with E-state index >= 15 is 0 Å². The highest BCUT2D eigenvalue weighted by molar-refractivity contribution is 6.17. The summed E-state index contributed by atoms with van der Waals surface area (Å²) in [6, 6.07) is 51.6. The molecular weight excluding hydrogens is 999 g/mol. The first-order valence-electron chi connectivity index (χ1n) is 32.4. The number of pyridine rings is 1. The van der Waals surface area contributed by atoms with Crippen molar-refractivity contribution >= 4 is 66.4 Å². The number of para-hydroxylation sites is 3. The van der Waals surface area contributed by atoms with Crippen molar-refractivity contribution in [3.05, 3.63) is 235 Å². The molecule has 0 N–H and O–H groups in total. The summed E-state index contributed by atoms with van der Waals surface area (Å²) in [5.41, 5.74) is 14.8. The Morgan fingerprint density at radius 2 is 0.963 bits per heavy atom. The fourth-order valence-electron chi connectivity index (χ4n) is 11.6. The fraction of sp³-hybridized carbons (Fsp3) is 0.224. The number of ether oxygens (including phenoxy) is 1. The van der Waals surface area contributed by atoms with E-state index in [1.54, 1.807) is 10.8 Å². The van der Waals surface area contributed by atoms with Crippen LogP contribution in [0.4, 0.5) is 22.7 Å². The van der Waals surface area contributed by atoms with Crippen molar-refractivity contribution in [2.75, 3.05) is 16.5 Å². The second kappa shape index (κ2) is 19.4. The van der Waals surface area contributed by atoms with Crippen LogP contribution in [0.5, 0.6) is 11.5 Å². The van der Waals surface area contributed by atoms with Crippen LogP contribution in [0.1, 0.15) is 116 Å². The SMILES string of the molecule is [2H]c1c([2H])c([2H])c2c(c1[2H])c1c([2H])c([2H])c([2H])c([2H])c1n2-c1cc(Oc2cccc(N3CN(c4cc(C(C)(C)C)cc(C(C)(C)C)c4)c4cc(-c5ccc(-c6ccc(C(C)(C)C)cc6)cc5)ccc43)c2)cc2c1c1ccccc1n2-c1cc(C(C)(C)C)ccn1. The average molecular weight is 1080 g/mol. The molecule has 1 aliphatic heterocycles. The van der Waals surface area contributed by atoms with Gasteiger partial charge in [-0.05, 0) is 133 Å². The zero-order chi connectivity index (χ0) is 64.0. The Morgan fingerprint density at radius 3 is 1.60 bits per heavy atom. The third-order valence-corrected chi connectivity index (χ3v) is 16.3. The van der Waals surface area contributed by atoms with Crippen LogP contribution in [-0.2, 0) is 21.7 Å². The van der Waals surface area contributed by atoms with Crippen molar-refractivity contribution in [3.63, 3.8) is 0 Å². The fourth-order valence-corrected chi connectivity index (χ4v) is 11.6. The standard InChI is InChI=1S/C76H73N5O/c1-73(2,3)53-35-32-50(33-36-53)49-28-30-51(31-29-49)52-34-37-67-68(40-52)79(58-42-55(75(7,8)9)41-56(43-58)76(10,11)12)48-78(67)57-20-19-21-59(45-57)82-60-46-69(80-64-25-16-13-22-61(64)62-23-14-17-26-65(62)80)72-63-24-15-18-27-66(63)81(70(72)47-60)71-44-54(38-39-77-71)74(4,5)6/h13-47H,48H2,1-12H3/i13D,14D,16D,17D,22D,23D,25D,26D. The van der Waals surface area contributed by atoms with E-state index in [2.05, 4.69) is 195 Å². The highest BCUT2D eigenvalue weighted by Crippen LogP contribution is 2.49. The molecule has 12 aromatic rings. The van der Waals surface area contributed by atoms with Crippen LogP contribution in [0, 0.1) is 0 Å². The molecule has 13 rings (SSSR count). The van der Waals surface area contributed by atoms with Crippen molar-refractivity contribution in [2.24, 2.45) is 0 Å². The quantitative estimate of drug-likeness (QED) is 0.152. The minimum absolute atomic E-state index is 0.00937. The summed E-state index contributed by atoms with van der Waals surface area (Å²) in [7, 11) is 0. The van der Waals surface area contributed by atoms with Gasteiger partial charge < -0.3 is 19.1 Å². The summed E-state index contributed by atoms with van der Waals surface area (Å²) in [4.78, 5) is 9.71. The molecule has 0 aliphatic carbocycles. The number of fused-ring (bicyclic) bond motifs is 7. The van der Waals surface area contributed by atoms with Gasteiger partial charge in [-0.15, -0.1) is 0 Å². The lowest BCUT2D eigenvalue weighted by Crippen LogP contribution is -2.25. The summed E-state index contributed by atoms with van der Waals surface area (Å²) in [6.45, 7) is 27.3. The maximum Gasteiger partial charge on any atom is 0.137 e. The maximum absolute atomic E-state index is 9.55. The predicted octanol–water partition coefficient (Wildman–Crippen LogP) is 20.8. The van der Waals surface area contributed by atoms with Crippen LogP contribution in [0.15, 0.2) is 212 Å². The second-order valence-corrected chi connectivity index (χ2v) is 26.1. The van der Waals surface area contributed by atoms with Crippen molar-refractivity contribution in [1.82, 2.24) is 14.1 Å². The molecule has 6 heteroatoms. The maximum atomic E-state index is 9.55. The highest BCUT2D eigenvalue weighted by atomic mass is 16.5. The zero-order valence-electron chi connectivity index (χ0n) is 56.9. The minimum Gasteiger partial charge on any atom is -0.457 e. The van der Waals surface area contributed by atoms with Crippen molar-refractivity contribution < 1.29 is 15.7 Å². The van der Waals surface area contributed by atoms with Gasteiger partial charge >= 0.3 is 0 Å². The number of benzene rings is 9. The molecule has 0 saturated carbocycles. The Kier molecular flexibility index (Phi) is 10.4. The van der Waals surface area contributed by atoms with Gasteiger partial charge in [-0.2, -0.15) is 0 Å². The molecule has 3 aromatic heterocycles. The Balaban J connectivity index is 0.991. The Bertz CT molecular complexity index is 4810. The molecule has 4 heterocycles. The van der Waals surface area contributed by atoms with Crippen LogP contribution in [0.3, 0.4) is 0 Å². The predicted molar refractivity (Wildman–Crippen MR) is 347 cm³/mol. The second-order valence-electron chi connectivity index (χ2n) is 26.1. The molecule has 0 spiro atoms. The number of hydrogen-bond acceptors (Lipinski definition) is 4. The topological polar surface area (TPSA) is 38.5 Å². The average Bonchev–Trinajstić information content (AvgIpc) is 1.52. The van der Waals surface area contributed by atoms with E-state index in [1.807, 2.05) is 60.7 Å². The van der Waals surface area contributed by atoms with E-state index in [0.29, 0.717) is 40.6 Å². The van der Waals surface area contributed by atoms with Crippen LogP contribution < -0.4 is 14.5 Å². The first-order valence-corrected chi connectivity index (χ1v) is 28.4. The molecule has 0 saturated heterocycles. The van der Waals surface area contributed by atoms with E-state index in [1.165, 1.54) is 22.3 Å². The van der Waals surface area contributed by atoms with E-state index in [-0.39, 0.29) is 43.5 Å². The molecule has 0 radical (unpaired) electrons. The van der Waals surface area contributed by atoms with E-state index in [0.717, 1.165) is 55.9 Å². The largest absolute Gasteiger partial charge is 0.457 e. The molecule has 6 nitrogen and oxygen atoms in total. The minimum atomic E-state index is -0.511. The number of rotatable bonds is 8. The molecule has 408 valence electrons. The molecular formula is C76H73N5O. The number of nitrogens with zero attached hydrogens (tertiary/aromatic N) is 5. The van der Waals surface area contributed by atoms with Crippen LogP contribution in [-0.4, -0.2) is 20.8 Å². The highest BCUT2D eigenvalue weighted by Gasteiger charge is 2.32. The lowest BCUT2D eigenvalue weighted by atomic mass is 9.80. The zero-order valence-corrected chi connectivity index (χ0v) is 48.9. The Morgan fingerprint density at radius 1 is 0.390 bits per heavy atom.